The highest BCUT2D eigenvalue weighted by atomic mass is 16.5. The molecule has 0 aromatic heterocycles. The molecule has 0 bridgehead atoms. The van der Waals surface area contributed by atoms with Crippen molar-refractivity contribution < 1.29 is 9.47 Å². The van der Waals surface area contributed by atoms with E-state index >= 15 is 0 Å². The third kappa shape index (κ3) is 4.18. The van der Waals surface area contributed by atoms with Crippen molar-refractivity contribution in [1.82, 2.24) is 0 Å². The largest absolute Gasteiger partial charge is 0.497 e. The van der Waals surface area contributed by atoms with E-state index in [1.165, 1.54) is 11.3 Å². The highest BCUT2D eigenvalue weighted by molar-refractivity contribution is 5.50. The first-order chi connectivity index (χ1) is 11.7. The van der Waals surface area contributed by atoms with Crippen LogP contribution in [-0.2, 0) is 11.3 Å². The lowest BCUT2D eigenvalue weighted by Gasteiger charge is -2.37. The van der Waals surface area contributed by atoms with Gasteiger partial charge >= 0.3 is 0 Å². The molecule has 1 heterocycles. The van der Waals surface area contributed by atoms with Crippen LogP contribution in [0, 0.1) is 5.41 Å². The summed E-state index contributed by atoms with van der Waals surface area (Å²) in [6.07, 6.45) is 4.53. The van der Waals surface area contributed by atoms with Gasteiger partial charge in [0, 0.05) is 24.2 Å². The Morgan fingerprint density at radius 3 is 2.50 bits per heavy atom. The van der Waals surface area contributed by atoms with Gasteiger partial charge in [-0.1, -0.05) is 49.4 Å². The molecule has 126 valence electrons. The molecule has 3 heteroatoms. The van der Waals surface area contributed by atoms with Crippen LogP contribution in [0.5, 0.6) is 5.75 Å². The van der Waals surface area contributed by atoms with E-state index in [4.69, 9.17) is 9.47 Å². The summed E-state index contributed by atoms with van der Waals surface area (Å²) in [5, 5.41) is 0. The van der Waals surface area contributed by atoms with Crippen molar-refractivity contribution in [2.75, 3.05) is 31.7 Å². The summed E-state index contributed by atoms with van der Waals surface area (Å²) in [5.41, 5.74) is 2.45. The lowest BCUT2D eigenvalue weighted by atomic mass is 9.88. The topological polar surface area (TPSA) is 21.7 Å². The molecule has 0 saturated heterocycles. The molecular formula is C21H25NO2. The average Bonchev–Trinajstić information content (AvgIpc) is 2.62. The Morgan fingerprint density at radius 2 is 1.79 bits per heavy atom. The Morgan fingerprint density at radius 1 is 1.04 bits per heavy atom. The minimum atomic E-state index is 0.0208. The number of ether oxygens (including phenoxy) is 2. The Bertz CT molecular complexity index is 666. The van der Waals surface area contributed by atoms with Gasteiger partial charge in [0.25, 0.3) is 0 Å². The Kier molecular flexibility index (Phi) is 5.21. The molecule has 1 atom stereocenters. The fourth-order valence-electron chi connectivity index (χ4n) is 3.08. The van der Waals surface area contributed by atoms with Gasteiger partial charge in [0.05, 0.1) is 20.3 Å². The van der Waals surface area contributed by atoms with Crippen LogP contribution < -0.4 is 9.64 Å². The zero-order chi connectivity index (χ0) is 16.8. The first kappa shape index (κ1) is 16.6. The fraction of sp³-hybridized carbons (Fsp3) is 0.333. The van der Waals surface area contributed by atoms with Gasteiger partial charge in [-0.25, -0.2) is 0 Å². The Hall–Kier alpha value is -2.26. The number of hydrogen-bond donors (Lipinski definition) is 0. The molecule has 3 nitrogen and oxygen atoms in total. The van der Waals surface area contributed by atoms with E-state index in [2.05, 4.69) is 48.2 Å². The SMILES string of the molecule is COc1ccc(N2CC=CC(C)(COCc3ccccc3)C2)cc1. The maximum Gasteiger partial charge on any atom is 0.119 e. The molecule has 0 radical (unpaired) electrons. The molecule has 0 amide bonds. The number of anilines is 1. The van der Waals surface area contributed by atoms with E-state index in [9.17, 15) is 0 Å². The Balaban J connectivity index is 1.59. The van der Waals surface area contributed by atoms with Crippen LogP contribution in [0.3, 0.4) is 0 Å². The third-order valence-corrected chi connectivity index (χ3v) is 4.38. The second-order valence-corrected chi connectivity index (χ2v) is 6.61. The van der Waals surface area contributed by atoms with E-state index in [-0.39, 0.29) is 5.41 Å². The molecular weight excluding hydrogens is 298 g/mol. The molecule has 3 rings (SSSR count). The lowest BCUT2D eigenvalue weighted by Crippen LogP contribution is -2.41. The molecule has 1 aliphatic heterocycles. The van der Waals surface area contributed by atoms with Crippen molar-refractivity contribution in [2.45, 2.75) is 13.5 Å². The number of benzene rings is 2. The van der Waals surface area contributed by atoms with Gasteiger partial charge in [-0.2, -0.15) is 0 Å². The van der Waals surface area contributed by atoms with Gasteiger partial charge in [0.2, 0.25) is 0 Å². The zero-order valence-corrected chi connectivity index (χ0v) is 14.4. The van der Waals surface area contributed by atoms with Crippen LogP contribution in [0.4, 0.5) is 5.69 Å². The van der Waals surface area contributed by atoms with Gasteiger partial charge in [-0.05, 0) is 29.8 Å². The average molecular weight is 323 g/mol. The molecule has 1 unspecified atom stereocenters. The van der Waals surface area contributed by atoms with Crippen molar-refractivity contribution in [3.63, 3.8) is 0 Å². The summed E-state index contributed by atoms with van der Waals surface area (Å²) in [5.74, 6) is 0.889. The molecule has 0 N–H and O–H groups in total. The first-order valence-electron chi connectivity index (χ1n) is 8.37. The van der Waals surface area contributed by atoms with E-state index in [0.29, 0.717) is 13.2 Å². The maximum absolute atomic E-state index is 5.98. The number of methoxy groups -OCH3 is 1. The molecule has 0 fully saturated rings. The molecule has 0 saturated carbocycles. The van der Waals surface area contributed by atoms with Gasteiger partial charge in [0.1, 0.15) is 5.75 Å². The molecule has 0 aliphatic carbocycles. The quantitative estimate of drug-likeness (QED) is 0.740. The summed E-state index contributed by atoms with van der Waals surface area (Å²) in [4.78, 5) is 2.38. The molecule has 2 aromatic rings. The molecule has 1 aliphatic rings. The van der Waals surface area contributed by atoms with E-state index in [1.54, 1.807) is 7.11 Å². The van der Waals surface area contributed by atoms with Crippen molar-refractivity contribution in [2.24, 2.45) is 5.41 Å². The molecule has 2 aromatic carbocycles. The van der Waals surface area contributed by atoms with E-state index < -0.39 is 0 Å². The van der Waals surface area contributed by atoms with Crippen LogP contribution in [0.15, 0.2) is 66.7 Å². The summed E-state index contributed by atoms with van der Waals surface area (Å²) < 4.78 is 11.2. The summed E-state index contributed by atoms with van der Waals surface area (Å²) >= 11 is 0. The minimum absolute atomic E-state index is 0.0208. The lowest BCUT2D eigenvalue weighted by molar-refractivity contribution is 0.0657. The fourth-order valence-corrected chi connectivity index (χ4v) is 3.08. The zero-order valence-electron chi connectivity index (χ0n) is 14.4. The highest BCUT2D eigenvalue weighted by Crippen LogP contribution is 2.29. The van der Waals surface area contributed by atoms with E-state index in [1.807, 2.05) is 30.3 Å². The van der Waals surface area contributed by atoms with Gasteiger partial charge in [-0.3, -0.25) is 0 Å². The van der Waals surface area contributed by atoms with E-state index in [0.717, 1.165) is 18.8 Å². The van der Waals surface area contributed by atoms with Gasteiger partial charge in [0.15, 0.2) is 0 Å². The van der Waals surface area contributed by atoms with Crippen LogP contribution >= 0.6 is 0 Å². The summed E-state index contributed by atoms with van der Waals surface area (Å²) in [7, 11) is 1.69. The number of rotatable bonds is 6. The highest BCUT2D eigenvalue weighted by Gasteiger charge is 2.27. The van der Waals surface area contributed by atoms with Crippen molar-refractivity contribution in [3.8, 4) is 5.75 Å². The smallest absolute Gasteiger partial charge is 0.119 e. The summed E-state index contributed by atoms with van der Waals surface area (Å²) in [6.45, 7) is 5.51. The standard InChI is InChI=1S/C21H25NO2/c1-21(17-24-15-18-7-4-3-5-8-18)13-6-14-22(16-21)19-9-11-20(23-2)12-10-19/h3-13H,14-17H2,1-2H3. The summed E-state index contributed by atoms with van der Waals surface area (Å²) in [6, 6.07) is 18.6. The van der Waals surface area contributed by atoms with Crippen molar-refractivity contribution in [1.29, 1.82) is 0 Å². The van der Waals surface area contributed by atoms with Gasteiger partial charge < -0.3 is 14.4 Å². The van der Waals surface area contributed by atoms with Crippen LogP contribution in [-0.4, -0.2) is 26.8 Å². The monoisotopic (exact) mass is 323 g/mol. The number of hydrogen-bond acceptors (Lipinski definition) is 3. The van der Waals surface area contributed by atoms with Crippen LogP contribution in [0.1, 0.15) is 12.5 Å². The normalized spacial score (nSPS) is 20.2. The van der Waals surface area contributed by atoms with Crippen molar-refractivity contribution in [3.05, 3.63) is 72.3 Å². The minimum Gasteiger partial charge on any atom is -0.497 e. The second-order valence-electron chi connectivity index (χ2n) is 6.61. The maximum atomic E-state index is 5.98. The van der Waals surface area contributed by atoms with Gasteiger partial charge in [-0.15, -0.1) is 0 Å². The number of nitrogens with zero attached hydrogens (tertiary/aromatic N) is 1. The van der Waals surface area contributed by atoms with Crippen molar-refractivity contribution >= 4 is 5.69 Å². The third-order valence-electron chi connectivity index (χ3n) is 4.38. The van der Waals surface area contributed by atoms with Crippen LogP contribution in [0.25, 0.3) is 0 Å². The predicted molar refractivity (Wildman–Crippen MR) is 98.6 cm³/mol. The predicted octanol–water partition coefficient (Wildman–Crippen LogP) is 4.29. The van der Waals surface area contributed by atoms with Crippen LogP contribution in [0.2, 0.25) is 0 Å². The molecule has 0 spiro atoms. The first-order valence-corrected chi connectivity index (χ1v) is 8.37. The Labute approximate surface area is 144 Å². The second kappa shape index (κ2) is 7.54. The molecule has 24 heavy (non-hydrogen) atoms.